The molecule has 0 aliphatic rings. The van der Waals surface area contributed by atoms with E-state index in [0.717, 1.165) is 17.7 Å². The quantitative estimate of drug-likeness (QED) is 0.466. The van der Waals surface area contributed by atoms with Gasteiger partial charge in [-0.3, -0.25) is 14.9 Å². The topological polar surface area (TPSA) is 98.5 Å². The van der Waals surface area contributed by atoms with Gasteiger partial charge in [-0.2, -0.15) is 13.2 Å². The first-order valence-electron chi connectivity index (χ1n) is 7.93. The Morgan fingerprint density at radius 3 is 2.29 bits per heavy atom. The van der Waals surface area contributed by atoms with Crippen molar-refractivity contribution in [1.82, 2.24) is 0 Å². The fourth-order valence-corrected chi connectivity index (χ4v) is 2.20. The number of hydrogen-bond acceptors (Lipinski definition) is 5. The molecule has 2 rings (SSSR count). The van der Waals surface area contributed by atoms with E-state index in [1.54, 1.807) is 12.1 Å². The second-order valence-corrected chi connectivity index (χ2v) is 5.89. The summed E-state index contributed by atoms with van der Waals surface area (Å²) >= 11 is 0. The number of esters is 1. The summed E-state index contributed by atoms with van der Waals surface area (Å²) in [6.07, 6.45) is -6.33. The van der Waals surface area contributed by atoms with Gasteiger partial charge < -0.3 is 10.1 Å². The molecule has 2 aromatic carbocycles. The lowest BCUT2D eigenvalue weighted by Gasteiger charge is -2.17. The van der Waals surface area contributed by atoms with Crippen LogP contribution in [-0.4, -0.2) is 22.9 Å². The smallest absolute Gasteiger partial charge is 0.418 e. The summed E-state index contributed by atoms with van der Waals surface area (Å²) in [6, 6.07) is 8.21. The molecule has 1 atom stereocenters. The van der Waals surface area contributed by atoms with E-state index in [2.05, 4.69) is 0 Å². The number of hydrogen-bond donors (Lipinski definition) is 1. The maximum absolute atomic E-state index is 13.1. The fourth-order valence-electron chi connectivity index (χ4n) is 2.20. The van der Waals surface area contributed by atoms with Gasteiger partial charge in [0, 0.05) is 12.1 Å². The molecule has 0 saturated heterocycles. The van der Waals surface area contributed by atoms with E-state index in [0.29, 0.717) is 6.07 Å². The number of rotatable bonds is 5. The zero-order valence-corrected chi connectivity index (χ0v) is 14.7. The van der Waals surface area contributed by atoms with Crippen LogP contribution in [0.25, 0.3) is 0 Å². The van der Waals surface area contributed by atoms with Crippen LogP contribution in [0, 0.1) is 17.0 Å². The first kappa shape index (κ1) is 20.9. The molecule has 0 spiro atoms. The van der Waals surface area contributed by atoms with Crippen LogP contribution < -0.4 is 5.32 Å². The third kappa shape index (κ3) is 5.06. The largest absolute Gasteiger partial charge is 0.449 e. The van der Waals surface area contributed by atoms with Gasteiger partial charge in [-0.05, 0) is 32.0 Å². The van der Waals surface area contributed by atoms with Crippen molar-refractivity contribution in [2.24, 2.45) is 0 Å². The minimum Gasteiger partial charge on any atom is -0.449 e. The van der Waals surface area contributed by atoms with Crippen molar-refractivity contribution >= 4 is 23.3 Å². The van der Waals surface area contributed by atoms with Crippen LogP contribution in [0.3, 0.4) is 0 Å². The Morgan fingerprint density at radius 2 is 1.75 bits per heavy atom. The number of alkyl halides is 3. The van der Waals surface area contributed by atoms with E-state index in [9.17, 15) is 32.9 Å². The molecule has 1 N–H and O–H groups in total. The van der Waals surface area contributed by atoms with Crippen LogP contribution in [0.15, 0.2) is 42.5 Å². The number of amides is 1. The predicted octanol–water partition coefficient (Wildman–Crippen LogP) is 4.11. The van der Waals surface area contributed by atoms with E-state index in [4.69, 9.17) is 4.74 Å². The lowest BCUT2D eigenvalue weighted by atomic mass is 10.1. The summed E-state index contributed by atoms with van der Waals surface area (Å²) in [4.78, 5) is 33.9. The predicted molar refractivity (Wildman–Crippen MR) is 92.8 cm³/mol. The molecule has 7 nitrogen and oxygen atoms in total. The number of nitrogens with zero attached hydrogens (tertiary/aromatic N) is 1. The van der Waals surface area contributed by atoms with Gasteiger partial charge in [0.1, 0.15) is 0 Å². The third-order valence-electron chi connectivity index (χ3n) is 3.72. The molecule has 0 fully saturated rings. The van der Waals surface area contributed by atoms with Crippen molar-refractivity contribution in [1.29, 1.82) is 0 Å². The molecule has 0 radical (unpaired) electrons. The Balaban J connectivity index is 2.16. The third-order valence-corrected chi connectivity index (χ3v) is 3.72. The summed E-state index contributed by atoms with van der Waals surface area (Å²) in [5.74, 6) is -1.83. The highest BCUT2D eigenvalue weighted by Gasteiger charge is 2.36. The summed E-state index contributed by atoms with van der Waals surface area (Å²) in [6.45, 7) is 3.01. The van der Waals surface area contributed by atoms with Crippen molar-refractivity contribution in [2.75, 3.05) is 5.32 Å². The monoisotopic (exact) mass is 396 g/mol. The maximum atomic E-state index is 13.1. The number of benzene rings is 2. The number of carbonyl (C=O) groups excluding carboxylic acids is 2. The zero-order chi connectivity index (χ0) is 21.1. The summed E-state index contributed by atoms with van der Waals surface area (Å²) in [5.41, 5.74) is -1.76. The summed E-state index contributed by atoms with van der Waals surface area (Å²) in [7, 11) is 0. The SMILES string of the molecule is Cc1ccc(C(=O)O[C@H](C)C(=O)Nc2ccc([N+](=O)[O-])cc2C(F)(F)F)cc1. The molecule has 0 bridgehead atoms. The first-order chi connectivity index (χ1) is 13.0. The molecule has 0 aliphatic heterocycles. The molecule has 1 amide bonds. The van der Waals surface area contributed by atoms with Gasteiger partial charge in [-0.25, -0.2) is 4.79 Å². The summed E-state index contributed by atoms with van der Waals surface area (Å²) in [5, 5.41) is 12.7. The van der Waals surface area contributed by atoms with E-state index < -0.39 is 46.0 Å². The second-order valence-electron chi connectivity index (χ2n) is 5.89. The van der Waals surface area contributed by atoms with Crippen molar-refractivity contribution in [3.8, 4) is 0 Å². The number of nitro groups is 1. The van der Waals surface area contributed by atoms with Crippen molar-refractivity contribution < 1.29 is 32.4 Å². The Bertz CT molecular complexity index is 910. The molecule has 10 heteroatoms. The lowest BCUT2D eigenvalue weighted by molar-refractivity contribution is -0.385. The molecule has 0 saturated carbocycles. The number of carbonyl (C=O) groups is 2. The second kappa shape index (κ2) is 8.07. The van der Waals surface area contributed by atoms with Crippen LogP contribution in [-0.2, 0) is 15.7 Å². The minimum atomic E-state index is -4.93. The summed E-state index contributed by atoms with van der Waals surface area (Å²) < 4.78 is 44.4. The van der Waals surface area contributed by atoms with Crippen molar-refractivity contribution in [3.63, 3.8) is 0 Å². The van der Waals surface area contributed by atoms with Crippen LogP contribution in [0.2, 0.25) is 0 Å². The highest BCUT2D eigenvalue weighted by molar-refractivity contribution is 5.98. The molecular weight excluding hydrogens is 381 g/mol. The molecule has 0 aliphatic carbocycles. The Labute approximate surface area is 157 Å². The average Bonchev–Trinajstić information content (AvgIpc) is 2.61. The van der Waals surface area contributed by atoms with E-state index in [1.807, 2.05) is 12.2 Å². The molecular formula is C18H15F3N2O5. The Hall–Kier alpha value is -3.43. The number of halogens is 3. The molecule has 0 heterocycles. The highest BCUT2D eigenvalue weighted by Crippen LogP contribution is 2.37. The number of anilines is 1. The first-order valence-corrected chi connectivity index (χ1v) is 7.93. The lowest BCUT2D eigenvalue weighted by Crippen LogP contribution is -2.30. The molecule has 0 unspecified atom stereocenters. The van der Waals surface area contributed by atoms with Crippen LogP contribution in [0.4, 0.5) is 24.5 Å². The maximum Gasteiger partial charge on any atom is 0.418 e. The van der Waals surface area contributed by atoms with Gasteiger partial charge >= 0.3 is 12.1 Å². The van der Waals surface area contributed by atoms with Gasteiger partial charge in [0.15, 0.2) is 6.10 Å². The standard InChI is InChI=1S/C18H15F3N2O5/c1-10-3-5-12(6-4-10)17(25)28-11(2)16(24)22-15-8-7-13(23(26)27)9-14(15)18(19,20)21/h3-9,11H,1-2H3,(H,22,24)/t11-/m1/s1. The van der Waals surface area contributed by atoms with Gasteiger partial charge in [0.25, 0.3) is 11.6 Å². The number of nitrogens with one attached hydrogen (secondary N) is 1. The molecule has 0 aromatic heterocycles. The van der Waals surface area contributed by atoms with Gasteiger partial charge in [0.2, 0.25) is 0 Å². The fraction of sp³-hybridized carbons (Fsp3) is 0.222. The number of ether oxygens (including phenoxy) is 1. The number of non-ortho nitro benzene ring substituents is 1. The minimum absolute atomic E-state index is 0.177. The highest BCUT2D eigenvalue weighted by atomic mass is 19.4. The van der Waals surface area contributed by atoms with Crippen LogP contribution >= 0.6 is 0 Å². The molecule has 28 heavy (non-hydrogen) atoms. The molecule has 148 valence electrons. The van der Waals surface area contributed by atoms with Gasteiger partial charge in [-0.15, -0.1) is 0 Å². The number of aryl methyl sites for hydroxylation is 1. The van der Waals surface area contributed by atoms with E-state index in [-0.39, 0.29) is 5.56 Å². The van der Waals surface area contributed by atoms with Crippen molar-refractivity contribution in [2.45, 2.75) is 26.1 Å². The number of nitro benzene ring substituents is 1. The average molecular weight is 396 g/mol. The van der Waals surface area contributed by atoms with Crippen LogP contribution in [0.5, 0.6) is 0 Å². The van der Waals surface area contributed by atoms with Gasteiger partial charge in [-0.1, -0.05) is 17.7 Å². The zero-order valence-electron chi connectivity index (χ0n) is 14.7. The van der Waals surface area contributed by atoms with Crippen molar-refractivity contribution in [3.05, 3.63) is 69.3 Å². The van der Waals surface area contributed by atoms with E-state index in [1.165, 1.54) is 19.1 Å². The molecule has 2 aromatic rings. The Kier molecular flexibility index (Phi) is 6.02. The van der Waals surface area contributed by atoms with Crippen LogP contribution in [0.1, 0.15) is 28.4 Å². The van der Waals surface area contributed by atoms with Gasteiger partial charge in [0.05, 0.1) is 21.7 Å². The normalized spacial score (nSPS) is 12.2. The van der Waals surface area contributed by atoms with E-state index >= 15 is 0 Å². The Morgan fingerprint density at radius 1 is 1.14 bits per heavy atom.